The lowest BCUT2D eigenvalue weighted by atomic mass is 10.1. The first-order valence-electron chi connectivity index (χ1n) is 6.42. The van der Waals surface area contributed by atoms with Crippen molar-refractivity contribution < 1.29 is 4.74 Å². The Labute approximate surface area is 133 Å². The quantitative estimate of drug-likeness (QED) is 0.482. The Hall–Kier alpha value is -2.72. The third kappa shape index (κ3) is 4.14. The lowest BCUT2D eigenvalue weighted by Gasteiger charge is -2.00. The van der Waals surface area contributed by atoms with E-state index < -0.39 is 0 Å². The van der Waals surface area contributed by atoms with Crippen LogP contribution in [-0.4, -0.2) is 42.6 Å². The van der Waals surface area contributed by atoms with Gasteiger partial charge in [-0.1, -0.05) is 23.5 Å². The second kappa shape index (κ2) is 7.33. The van der Waals surface area contributed by atoms with Crippen molar-refractivity contribution in [3.63, 3.8) is 0 Å². The van der Waals surface area contributed by atoms with Crippen molar-refractivity contribution in [3.8, 4) is 11.8 Å². The molecule has 1 aromatic carbocycles. The van der Waals surface area contributed by atoms with Gasteiger partial charge < -0.3 is 9.64 Å². The summed E-state index contributed by atoms with van der Waals surface area (Å²) in [6.07, 6.45) is 3.41. The van der Waals surface area contributed by atoms with Crippen molar-refractivity contribution in [2.75, 3.05) is 21.2 Å². The van der Waals surface area contributed by atoms with E-state index in [1.54, 1.807) is 24.4 Å². The maximum Gasteiger partial charge on any atom is 0.233 e. The van der Waals surface area contributed by atoms with Crippen LogP contribution in [0.25, 0.3) is 11.6 Å². The molecule has 0 saturated heterocycles. The van der Waals surface area contributed by atoms with E-state index in [1.807, 2.05) is 38.4 Å². The lowest BCUT2D eigenvalue weighted by Crippen LogP contribution is -2.06. The molecule has 2 aromatic rings. The molecule has 0 fully saturated rings. The fourth-order valence-electron chi connectivity index (χ4n) is 1.55. The number of benzene rings is 1. The topological polar surface area (TPSA) is 74.4 Å². The number of nitriles is 1. The van der Waals surface area contributed by atoms with Crippen LogP contribution in [-0.2, 0) is 0 Å². The molecule has 0 aliphatic rings. The van der Waals surface area contributed by atoms with Gasteiger partial charge in [-0.2, -0.15) is 5.26 Å². The smallest absolute Gasteiger partial charge is 0.233 e. The van der Waals surface area contributed by atoms with Crippen molar-refractivity contribution in [2.45, 2.75) is 0 Å². The van der Waals surface area contributed by atoms with Gasteiger partial charge in [0.15, 0.2) is 5.01 Å². The highest BCUT2D eigenvalue weighted by Gasteiger charge is 2.08. The van der Waals surface area contributed by atoms with Crippen molar-refractivity contribution in [1.29, 1.82) is 5.26 Å². The zero-order chi connectivity index (χ0) is 15.9. The fraction of sp³-hybridized carbons (Fsp3) is 0.200. The summed E-state index contributed by atoms with van der Waals surface area (Å²) in [6, 6.07) is 9.59. The minimum atomic E-state index is 0.453. The van der Waals surface area contributed by atoms with E-state index in [0.29, 0.717) is 15.7 Å². The highest BCUT2D eigenvalue weighted by Crippen LogP contribution is 2.26. The molecule has 112 valence electrons. The monoisotopic (exact) mass is 313 g/mol. The maximum absolute atomic E-state index is 9.32. The summed E-state index contributed by atoms with van der Waals surface area (Å²) < 4.78 is 5.11. The number of rotatable bonds is 5. The first-order chi connectivity index (χ1) is 10.6. The Morgan fingerprint density at radius 1 is 1.32 bits per heavy atom. The molecule has 0 unspecified atom stereocenters. The highest BCUT2D eigenvalue weighted by atomic mass is 32.1. The summed E-state index contributed by atoms with van der Waals surface area (Å²) in [5.74, 6) is 0.770. The minimum absolute atomic E-state index is 0.453. The van der Waals surface area contributed by atoms with Gasteiger partial charge in [0.2, 0.25) is 5.13 Å². The van der Waals surface area contributed by atoms with E-state index in [-0.39, 0.29) is 0 Å². The summed E-state index contributed by atoms with van der Waals surface area (Å²) in [6.45, 7) is 0. The van der Waals surface area contributed by atoms with E-state index in [0.717, 1.165) is 11.3 Å². The van der Waals surface area contributed by atoms with E-state index in [4.69, 9.17) is 4.74 Å². The van der Waals surface area contributed by atoms with Crippen LogP contribution in [0.1, 0.15) is 10.6 Å². The van der Waals surface area contributed by atoms with Crippen LogP contribution in [0.3, 0.4) is 0 Å². The third-order valence-electron chi connectivity index (χ3n) is 2.59. The SMILES string of the molecule is COc1ccc(C=C(C#N)c2nnc(N=CN(C)C)s2)cc1. The molecule has 0 N–H and O–H groups in total. The number of allylic oxidation sites excluding steroid dienone is 1. The van der Waals surface area contributed by atoms with Gasteiger partial charge in [-0.25, -0.2) is 4.99 Å². The van der Waals surface area contributed by atoms with Gasteiger partial charge >= 0.3 is 0 Å². The van der Waals surface area contributed by atoms with Crippen LogP contribution in [0, 0.1) is 11.3 Å². The number of methoxy groups -OCH3 is 1. The van der Waals surface area contributed by atoms with Gasteiger partial charge in [0.05, 0.1) is 19.0 Å². The van der Waals surface area contributed by atoms with E-state index in [2.05, 4.69) is 21.3 Å². The van der Waals surface area contributed by atoms with Crippen molar-refractivity contribution in [1.82, 2.24) is 15.1 Å². The molecule has 1 heterocycles. The molecule has 0 atom stereocenters. The number of hydrogen-bond donors (Lipinski definition) is 0. The van der Waals surface area contributed by atoms with Crippen LogP contribution in [0.5, 0.6) is 5.75 Å². The first-order valence-corrected chi connectivity index (χ1v) is 7.24. The molecule has 6 nitrogen and oxygen atoms in total. The first kappa shape index (κ1) is 15.7. The van der Waals surface area contributed by atoms with Crippen LogP contribution >= 0.6 is 11.3 Å². The molecule has 0 amide bonds. The normalized spacial score (nSPS) is 11.5. The maximum atomic E-state index is 9.32. The van der Waals surface area contributed by atoms with Crippen molar-refractivity contribution in [3.05, 3.63) is 34.8 Å². The van der Waals surface area contributed by atoms with Crippen LogP contribution in [0.15, 0.2) is 29.3 Å². The second-order valence-corrected chi connectivity index (χ2v) is 5.50. The zero-order valence-corrected chi connectivity index (χ0v) is 13.3. The van der Waals surface area contributed by atoms with Gasteiger partial charge in [-0.3, -0.25) is 0 Å². The molecule has 2 rings (SSSR count). The van der Waals surface area contributed by atoms with Gasteiger partial charge in [0.25, 0.3) is 0 Å². The summed E-state index contributed by atoms with van der Waals surface area (Å²) >= 11 is 1.27. The van der Waals surface area contributed by atoms with Crippen LogP contribution in [0.2, 0.25) is 0 Å². The average Bonchev–Trinajstić information content (AvgIpc) is 3.00. The number of ether oxygens (including phenoxy) is 1. The number of hydrogen-bond acceptors (Lipinski definition) is 6. The summed E-state index contributed by atoms with van der Waals surface area (Å²) in [5, 5.41) is 18.4. The summed E-state index contributed by atoms with van der Waals surface area (Å²) in [5.41, 5.74) is 1.35. The second-order valence-electron chi connectivity index (χ2n) is 4.54. The Bertz CT molecular complexity index is 725. The predicted octanol–water partition coefficient (Wildman–Crippen LogP) is 2.83. The van der Waals surface area contributed by atoms with Crippen LogP contribution < -0.4 is 4.74 Å². The highest BCUT2D eigenvalue weighted by molar-refractivity contribution is 7.16. The van der Waals surface area contributed by atoms with E-state index in [1.165, 1.54) is 11.3 Å². The largest absolute Gasteiger partial charge is 0.497 e. The molecular formula is C15H15N5OS. The molecule has 22 heavy (non-hydrogen) atoms. The molecule has 0 saturated carbocycles. The van der Waals surface area contributed by atoms with Gasteiger partial charge in [-0.05, 0) is 23.8 Å². The molecule has 0 radical (unpaired) electrons. The Morgan fingerprint density at radius 2 is 2.05 bits per heavy atom. The predicted molar refractivity (Wildman–Crippen MR) is 88.2 cm³/mol. The fourth-order valence-corrected chi connectivity index (χ4v) is 2.20. The molecule has 0 spiro atoms. The molecule has 7 heteroatoms. The summed E-state index contributed by atoms with van der Waals surface area (Å²) in [7, 11) is 5.36. The Balaban J connectivity index is 2.24. The molecule has 1 aromatic heterocycles. The Morgan fingerprint density at radius 3 is 2.64 bits per heavy atom. The van der Waals surface area contributed by atoms with Crippen LogP contribution in [0.4, 0.5) is 5.13 Å². The molecule has 0 aliphatic heterocycles. The van der Waals surface area contributed by atoms with Crippen molar-refractivity contribution in [2.24, 2.45) is 4.99 Å². The number of aliphatic imine (C=N–C) groups is 1. The third-order valence-corrected chi connectivity index (χ3v) is 3.46. The minimum Gasteiger partial charge on any atom is -0.497 e. The van der Waals surface area contributed by atoms with Gasteiger partial charge in [0.1, 0.15) is 11.8 Å². The van der Waals surface area contributed by atoms with Gasteiger partial charge in [-0.15, -0.1) is 10.2 Å². The average molecular weight is 313 g/mol. The molecular weight excluding hydrogens is 298 g/mol. The lowest BCUT2D eigenvalue weighted by molar-refractivity contribution is 0.415. The van der Waals surface area contributed by atoms with Gasteiger partial charge in [0, 0.05) is 14.1 Å². The zero-order valence-electron chi connectivity index (χ0n) is 12.5. The number of aromatic nitrogens is 2. The Kier molecular flexibility index (Phi) is 5.22. The molecule has 0 bridgehead atoms. The summed E-state index contributed by atoms with van der Waals surface area (Å²) in [4.78, 5) is 5.97. The molecule has 0 aliphatic carbocycles. The van der Waals surface area contributed by atoms with Crippen molar-refractivity contribution >= 4 is 34.5 Å². The number of nitrogens with zero attached hydrogens (tertiary/aromatic N) is 5. The van der Waals surface area contributed by atoms with E-state index >= 15 is 0 Å². The van der Waals surface area contributed by atoms with E-state index in [9.17, 15) is 5.26 Å². The standard InChI is InChI=1S/C15H15N5OS/c1-20(2)10-17-15-19-18-14(22-15)12(9-16)8-11-4-6-13(21-3)7-5-11/h4-8,10H,1-3H3.